The van der Waals surface area contributed by atoms with E-state index in [0.29, 0.717) is 33.3 Å². The third kappa shape index (κ3) is 5.24. The van der Waals surface area contributed by atoms with Crippen LogP contribution in [0.25, 0.3) is 0 Å². The van der Waals surface area contributed by atoms with Crippen molar-refractivity contribution in [3.8, 4) is 0 Å². The summed E-state index contributed by atoms with van der Waals surface area (Å²) in [5.74, 6) is -0.121. The molecule has 2 rings (SSSR count). The van der Waals surface area contributed by atoms with Gasteiger partial charge in [-0.2, -0.15) is 0 Å². The summed E-state index contributed by atoms with van der Waals surface area (Å²) in [6.07, 6.45) is 2.43. The highest BCUT2D eigenvalue weighted by Gasteiger charge is 2.25. The molecular weight excluding hydrogens is 369 g/mol. The second-order valence-electron chi connectivity index (χ2n) is 6.04. The zero-order chi connectivity index (χ0) is 17.7. The number of nitrogens with one attached hydrogen (secondary N) is 1. The van der Waals surface area contributed by atoms with E-state index in [1.165, 1.54) is 12.8 Å². The number of amides is 1. The maximum absolute atomic E-state index is 12.4. The second kappa shape index (κ2) is 9.25. The van der Waals surface area contributed by atoms with Gasteiger partial charge < -0.3 is 5.32 Å². The van der Waals surface area contributed by atoms with Gasteiger partial charge >= 0.3 is 0 Å². The maximum atomic E-state index is 12.4. The Morgan fingerprint density at radius 2 is 1.96 bits per heavy atom. The number of benzene rings is 1. The average molecular weight is 393 g/mol. The lowest BCUT2D eigenvalue weighted by atomic mass is 10.2. The van der Waals surface area contributed by atoms with E-state index in [4.69, 9.17) is 34.8 Å². The Hall–Kier alpha value is -0.520. The van der Waals surface area contributed by atoms with Crippen LogP contribution in [0.1, 0.15) is 26.7 Å². The van der Waals surface area contributed by atoms with Crippen molar-refractivity contribution in [2.24, 2.45) is 0 Å². The first-order valence-corrected chi connectivity index (χ1v) is 9.48. The molecule has 0 saturated carbocycles. The first-order valence-electron chi connectivity index (χ1n) is 8.35. The van der Waals surface area contributed by atoms with Gasteiger partial charge in [-0.25, -0.2) is 0 Å². The molecule has 1 saturated heterocycles. The Morgan fingerprint density at radius 3 is 2.54 bits per heavy atom. The van der Waals surface area contributed by atoms with Crippen LogP contribution >= 0.6 is 34.8 Å². The molecular formula is C17H24Cl3N3O. The number of hydrogen-bond acceptors (Lipinski definition) is 3. The summed E-state index contributed by atoms with van der Waals surface area (Å²) >= 11 is 18.1. The molecule has 4 nitrogen and oxygen atoms in total. The van der Waals surface area contributed by atoms with Gasteiger partial charge in [0, 0.05) is 17.6 Å². The number of likely N-dealkylation sites (N-methyl/N-ethyl adjacent to an activating group) is 2. The Kier molecular flexibility index (Phi) is 7.63. The van der Waals surface area contributed by atoms with Crippen LogP contribution in [0.3, 0.4) is 0 Å². The van der Waals surface area contributed by atoms with Crippen molar-refractivity contribution in [2.75, 3.05) is 38.0 Å². The van der Waals surface area contributed by atoms with E-state index in [2.05, 4.69) is 29.0 Å². The molecule has 0 spiro atoms. The molecule has 1 fully saturated rings. The fourth-order valence-electron chi connectivity index (χ4n) is 3.17. The van der Waals surface area contributed by atoms with Gasteiger partial charge in [0.15, 0.2) is 0 Å². The summed E-state index contributed by atoms with van der Waals surface area (Å²) < 4.78 is 0. The first kappa shape index (κ1) is 19.8. The Morgan fingerprint density at radius 1 is 1.29 bits per heavy atom. The topological polar surface area (TPSA) is 35.6 Å². The van der Waals surface area contributed by atoms with E-state index in [1.54, 1.807) is 12.1 Å². The Balaban J connectivity index is 1.95. The minimum absolute atomic E-state index is 0.121. The highest BCUT2D eigenvalue weighted by atomic mass is 35.5. The number of hydrogen-bond donors (Lipinski definition) is 1. The minimum atomic E-state index is -0.121. The lowest BCUT2D eigenvalue weighted by molar-refractivity contribution is -0.117. The van der Waals surface area contributed by atoms with Crippen LogP contribution in [-0.2, 0) is 4.79 Å². The van der Waals surface area contributed by atoms with Crippen LogP contribution in [0.15, 0.2) is 12.1 Å². The molecule has 24 heavy (non-hydrogen) atoms. The predicted octanol–water partition coefficient (Wildman–Crippen LogP) is 4.39. The molecule has 1 amide bonds. The van der Waals surface area contributed by atoms with Crippen molar-refractivity contribution in [2.45, 2.75) is 32.7 Å². The molecule has 0 bridgehead atoms. The molecule has 1 aliphatic heterocycles. The summed E-state index contributed by atoms with van der Waals surface area (Å²) in [5.41, 5.74) is 0.417. The van der Waals surface area contributed by atoms with Crippen LogP contribution < -0.4 is 5.32 Å². The van der Waals surface area contributed by atoms with E-state index in [0.717, 1.165) is 26.2 Å². The third-order valence-corrected chi connectivity index (χ3v) is 5.27. The summed E-state index contributed by atoms with van der Waals surface area (Å²) in [6, 6.07) is 3.67. The lowest BCUT2D eigenvalue weighted by Gasteiger charge is -2.29. The molecule has 1 aromatic carbocycles. The standard InChI is InChI=1S/C17H24Cl3N3O/c1-3-22(10-13-6-5-7-23(13)4-2)11-16(24)21-17-14(19)8-12(18)9-15(17)20/h8-9,13H,3-7,10-11H2,1-2H3,(H,21,24)/t13-/m1/s1. The molecule has 134 valence electrons. The lowest BCUT2D eigenvalue weighted by Crippen LogP contribution is -2.43. The van der Waals surface area contributed by atoms with Gasteiger partial charge in [-0.1, -0.05) is 48.7 Å². The van der Waals surface area contributed by atoms with Crippen molar-refractivity contribution in [3.05, 3.63) is 27.2 Å². The fourth-order valence-corrected chi connectivity index (χ4v) is 4.08. The van der Waals surface area contributed by atoms with E-state index in [-0.39, 0.29) is 5.91 Å². The van der Waals surface area contributed by atoms with Gasteiger partial charge in [0.05, 0.1) is 22.3 Å². The van der Waals surface area contributed by atoms with Crippen LogP contribution in [0.5, 0.6) is 0 Å². The van der Waals surface area contributed by atoms with Gasteiger partial charge in [0.2, 0.25) is 5.91 Å². The molecule has 0 radical (unpaired) electrons. The highest BCUT2D eigenvalue weighted by molar-refractivity contribution is 6.42. The Labute approximate surface area is 159 Å². The van der Waals surface area contributed by atoms with Crippen molar-refractivity contribution in [1.29, 1.82) is 0 Å². The van der Waals surface area contributed by atoms with Gasteiger partial charge in [-0.05, 0) is 44.6 Å². The van der Waals surface area contributed by atoms with E-state index >= 15 is 0 Å². The summed E-state index contributed by atoms with van der Waals surface area (Å²) in [5, 5.41) is 3.94. The molecule has 0 aromatic heterocycles. The van der Waals surface area contributed by atoms with Gasteiger partial charge in [-0.3, -0.25) is 14.6 Å². The van der Waals surface area contributed by atoms with Gasteiger partial charge in [-0.15, -0.1) is 0 Å². The molecule has 1 aromatic rings. The van der Waals surface area contributed by atoms with Gasteiger partial charge in [0.25, 0.3) is 0 Å². The fraction of sp³-hybridized carbons (Fsp3) is 0.588. The maximum Gasteiger partial charge on any atom is 0.238 e. The number of carbonyl (C=O) groups excluding carboxylic acids is 1. The molecule has 1 atom stereocenters. The molecule has 1 heterocycles. The minimum Gasteiger partial charge on any atom is -0.322 e. The second-order valence-corrected chi connectivity index (χ2v) is 7.30. The molecule has 1 aliphatic rings. The quantitative estimate of drug-likeness (QED) is 0.747. The largest absolute Gasteiger partial charge is 0.322 e. The monoisotopic (exact) mass is 391 g/mol. The molecule has 1 N–H and O–H groups in total. The highest BCUT2D eigenvalue weighted by Crippen LogP contribution is 2.33. The van der Waals surface area contributed by atoms with Crippen LogP contribution in [0, 0.1) is 0 Å². The average Bonchev–Trinajstić information content (AvgIpc) is 2.97. The third-order valence-electron chi connectivity index (χ3n) is 4.46. The van der Waals surface area contributed by atoms with E-state index in [1.807, 2.05) is 0 Å². The number of carbonyl (C=O) groups is 1. The normalized spacial score (nSPS) is 18.3. The van der Waals surface area contributed by atoms with E-state index < -0.39 is 0 Å². The summed E-state index contributed by atoms with van der Waals surface area (Å²) in [7, 11) is 0. The van der Waals surface area contributed by atoms with Crippen molar-refractivity contribution in [3.63, 3.8) is 0 Å². The number of likely N-dealkylation sites (tertiary alicyclic amines) is 1. The van der Waals surface area contributed by atoms with Gasteiger partial charge in [0.1, 0.15) is 0 Å². The van der Waals surface area contributed by atoms with Crippen molar-refractivity contribution in [1.82, 2.24) is 9.80 Å². The SMILES string of the molecule is CCN(CC(=O)Nc1c(Cl)cc(Cl)cc1Cl)C[C@H]1CCCN1CC. The first-order chi connectivity index (χ1) is 11.4. The van der Waals surface area contributed by atoms with Crippen molar-refractivity contribution >= 4 is 46.4 Å². The predicted molar refractivity (Wildman–Crippen MR) is 102 cm³/mol. The van der Waals surface area contributed by atoms with Crippen molar-refractivity contribution < 1.29 is 4.79 Å². The van der Waals surface area contributed by atoms with Crippen LogP contribution in [0.2, 0.25) is 15.1 Å². The van der Waals surface area contributed by atoms with E-state index in [9.17, 15) is 4.79 Å². The zero-order valence-electron chi connectivity index (χ0n) is 14.1. The molecule has 7 heteroatoms. The number of rotatable bonds is 7. The molecule has 0 aliphatic carbocycles. The number of halogens is 3. The van der Waals surface area contributed by atoms with Crippen LogP contribution in [0.4, 0.5) is 5.69 Å². The Bertz CT molecular complexity index is 559. The zero-order valence-corrected chi connectivity index (χ0v) is 16.4. The smallest absolute Gasteiger partial charge is 0.238 e. The summed E-state index contributed by atoms with van der Waals surface area (Å²) in [4.78, 5) is 17.0. The number of nitrogens with zero attached hydrogens (tertiary/aromatic N) is 2. The van der Waals surface area contributed by atoms with Crippen LogP contribution in [-0.4, -0.2) is 54.5 Å². The number of anilines is 1. The summed E-state index contributed by atoms with van der Waals surface area (Å²) in [6.45, 7) is 8.52. The molecule has 0 unspecified atom stereocenters.